The highest BCUT2D eigenvalue weighted by Crippen LogP contribution is 2.47. The SMILES string of the molecule is CC1CC/C(c2ccccc2)=N\C(c2ccc3ccccc3c2)=N/C1c1cc(-n2c3cc4ccccc4cc3c3ccc4ccccc4c32)c2c(c1)sc1c3ccccc3ccc12. The van der Waals surface area contributed by atoms with Gasteiger partial charge < -0.3 is 4.57 Å². The Labute approximate surface area is 368 Å². The third kappa shape index (κ3) is 5.86. The van der Waals surface area contributed by atoms with E-state index < -0.39 is 0 Å². The van der Waals surface area contributed by atoms with Gasteiger partial charge in [-0.3, -0.25) is 4.99 Å². The van der Waals surface area contributed by atoms with Crippen molar-refractivity contribution in [2.75, 3.05) is 0 Å². The Kier molecular flexibility index (Phi) is 8.25. The van der Waals surface area contributed by atoms with Crippen LogP contribution >= 0.6 is 11.3 Å². The summed E-state index contributed by atoms with van der Waals surface area (Å²) < 4.78 is 5.19. The number of hydrogen-bond acceptors (Lipinski definition) is 3. The van der Waals surface area contributed by atoms with Crippen LogP contribution < -0.4 is 0 Å². The molecule has 3 heterocycles. The molecule has 0 aliphatic carbocycles. The number of aliphatic imine (C=N–C) groups is 2. The van der Waals surface area contributed by atoms with E-state index in [-0.39, 0.29) is 12.0 Å². The average Bonchev–Trinajstić information content (AvgIpc) is 3.88. The minimum Gasteiger partial charge on any atom is -0.308 e. The number of amidine groups is 1. The molecule has 0 saturated heterocycles. The molecule has 0 fully saturated rings. The van der Waals surface area contributed by atoms with Crippen LogP contribution in [0.4, 0.5) is 0 Å². The summed E-state index contributed by atoms with van der Waals surface area (Å²) in [6.07, 6.45) is 1.83. The van der Waals surface area contributed by atoms with Crippen molar-refractivity contribution in [2.45, 2.75) is 25.8 Å². The molecule has 0 N–H and O–H groups in total. The molecular formula is C59H41N3S. The van der Waals surface area contributed by atoms with Gasteiger partial charge in [0.1, 0.15) is 0 Å². The molecule has 10 aromatic carbocycles. The second-order valence-electron chi connectivity index (χ2n) is 17.3. The second kappa shape index (κ2) is 14.3. The van der Waals surface area contributed by atoms with Crippen molar-refractivity contribution in [2.24, 2.45) is 15.9 Å². The van der Waals surface area contributed by atoms with Gasteiger partial charge in [0.05, 0.1) is 28.5 Å². The maximum Gasteiger partial charge on any atom is 0.155 e. The van der Waals surface area contributed by atoms with Gasteiger partial charge in [-0.15, -0.1) is 11.3 Å². The Balaban J connectivity index is 1.14. The summed E-state index contributed by atoms with van der Waals surface area (Å²) in [6, 6.07) is 71.4. The molecule has 0 amide bonds. The van der Waals surface area contributed by atoms with E-state index in [2.05, 4.69) is 206 Å². The maximum atomic E-state index is 5.81. The number of fused-ring (bicyclic) bond motifs is 12. The minimum atomic E-state index is -0.136. The van der Waals surface area contributed by atoms with Crippen molar-refractivity contribution in [1.82, 2.24) is 4.57 Å². The first kappa shape index (κ1) is 36.3. The number of benzene rings is 10. The van der Waals surface area contributed by atoms with Crippen LogP contribution in [0.2, 0.25) is 0 Å². The molecule has 1 aliphatic heterocycles. The third-order valence-corrected chi connectivity index (χ3v) is 14.7. The van der Waals surface area contributed by atoms with Crippen LogP contribution in [0.1, 0.15) is 42.5 Å². The number of nitrogens with zero attached hydrogens (tertiary/aromatic N) is 3. The predicted octanol–water partition coefficient (Wildman–Crippen LogP) is 16.2. The summed E-state index contributed by atoms with van der Waals surface area (Å²) in [6.45, 7) is 2.39. The molecule has 3 nitrogen and oxygen atoms in total. The van der Waals surface area contributed by atoms with Gasteiger partial charge in [-0.05, 0) is 97.9 Å². The lowest BCUT2D eigenvalue weighted by Crippen LogP contribution is -2.18. The molecule has 298 valence electrons. The third-order valence-electron chi connectivity index (χ3n) is 13.6. The van der Waals surface area contributed by atoms with E-state index in [0.717, 1.165) is 35.5 Å². The lowest BCUT2D eigenvalue weighted by atomic mass is 9.88. The lowest BCUT2D eigenvalue weighted by molar-refractivity contribution is 0.446. The van der Waals surface area contributed by atoms with Crippen LogP contribution in [0, 0.1) is 5.92 Å². The summed E-state index contributed by atoms with van der Waals surface area (Å²) in [5, 5.41) is 15.0. The van der Waals surface area contributed by atoms with Crippen molar-refractivity contribution >= 4 is 108 Å². The highest BCUT2D eigenvalue weighted by molar-refractivity contribution is 7.26. The number of aromatic nitrogens is 1. The number of thiophene rings is 1. The van der Waals surface area contributed by atoms with Crippen molar-refractivity contribution < 1.29 is 0 Å². The zero-order chi connectivity index (χ0) is 41.6. The summed E-state index contributed by atoms with van der Waals surface area (Å²) >= 11 is 1.92. The van der Waals surface area contributed by atoms with Crippen LogP contribution in [0.15, 0.2) is 204 Å². The Bertz CT molecular complexity index is 3890. The van der Waals surface area contributed by atoms with Crippen molar-refractivity contribution in [1.29, 1.82) is 0 Å². The molecule has 2 unspecified atom stereocenters. The lowest BCUT2D eigenvalue weighted by Gasteiger charge is -2.26. The van der Waals surface area contributed by atoms with E-state index in [9.17, 15) is 0 Å². The molecule has 2 aromatic heterocycles. The first-order chi connectivity index (χ1) is 31.1. The van der Waals surface area contributed by atoms with Gasteiger partial charge in [0.15, 0.2) is 5.84 Å². The molecule has 4 heteroatoms. The molecule has 2 atom stereocenters. The van der Waals surface area contributed by atoms with E-state index in [1.54, 1.807) is 0 Å². The number of rotatable bonds is 4. The van der Waals surface area contributed by atoms with E-state index in [1.165, 1.54) is 96.3 Å². The maximum absolute atomic E-state index is 5.81. The molecule has 1 aliphatic rings. The highest BCUT2D eigenvalue weighted by Gasteiger charge is 2.28. The summed E-state index contributed by atoms with van der Waals surface area (Å²) in [4.78, 5) is 11.3. The van der Waals surface area contributed by atoms with E-state index in [4.69, 9.17) is 9.98 Å². The Morgan fingerprint density at radius 1 is 0.508 bits per heavy atom. The van der Waals surface area contributed by atoms with Gasteiger partial charge in [0.2, 0.25) is 0 Å². The second-order valence-corrected chi connectivity index (χ2v) is 18.4. The summed E-state index contributed by atoms with van der Waals surface area (Å²) in [7, 11) is 0. The van der Waals surface area contributed by atoms with Crippen LogP contribution in [0.25, 0.3) is 90.8 Å². The Hall–Kier alpha value is -7.40. The van der Waals surface area contributed by atoms with Gasteiger partial charge in [0.25, 0.3) is 0 Å². The summed E-state index contributed by atoms with van der Waals surface area (Å²) in [5.74, 6) is 1.02. The molecule has 13 rings (SSSR count). The van der Waals surface area contributed by atoms with Gasteiger partial charge in [-0.1, -0.05) is 171 Å². The standard InChI is InChI=1S/C59H41N3S/c1-36-23-30-51(40-16-3-2-4-17-40)60-59(44-25-24-37-13-5-6-18-41(37)31-44)61-56(36)45-34-53(55-49-29-27-39-15-10-12-22-47(39)58(49)63-54(55)35-45)62-52-33-43-20-8-7-19-42(43)32-50(52)48-28-26-38-14-9-11-21-46(38)57(48)62/h2-22,24-29,31-36,56H,23,30H2,1H3/b60-51+,61-59-. The Morgan fingerprint density at radius 2 is 1.14 bits per heavy atom. The van der Waals surface area contributed by atoms with Crippen molar-refractivity contribution in [3.05, 3.63) is 211 Å². The van der Waals surface area contributed by atoms with Crippen LogP contribution in [0.5, 0.6) is 0 Å². The topological polar surface area (TPSA) is 29.6 Å². The molecule has 0 radical (unpaired) electrons. The van der Waals surface area contributed by atoms with Crippen molar-refractivity contribution in [3.63, 3.8) is 0 Å². The van der Waals surface area contributed by atoms with E-state index in [1.807, 2.05) is 11.3 Å². The Morgan fingerprint density at radius 3 is 1.94 bits per heavy atom. The zero-order valence-corrected chi connectivity index (χ0v) is 35.6. The first-order valence-corrected chi connectivity index (χ1v) is 22.9. The van der Waals surface area contributed by atoms with Gasteiger partial charge in [0, 0.05) is 41.9 Å². The number of hydrogen-bond donors (Lipinski definition) is 0. The molecular weight excluding hydrogens is 783 g/mol. The van der Waals surface area contributed by atoms with E-state index >= 15 is 0 Å². The average molecular weight is 824 g/mol. The van der Waals surface area contributed by atoms with Gasteiger partial charge in [-0.2, -0.15) is 0 Å². The van der Waals surface area contributed by atoms with Crippen molar-refractivity contribution in [3.8, 4) is 5.69 Å². The largest absolute Gasteiger partial charge is 0.308 e. The molecule has 0 bridgehead atoms. The van der Waals surface area contributed by atoms with Crippen LogP contribution in [-0.4, -0.2) is 16.1 Å². The predicted molar refractivity (Wildman–Crippen MR) is 271 cm³/mol. The van der Waals surface area contributed by atoms with E-state index in [0.29, 0.717) is 0 Å². The fraction of sp³-hybridized carbons (Fsp3) is 0.0847. The molecule has 12 aromatic rings. The summed E-state index contributed by atoms with van der Waals surface area (Å²) in [5.41, 5.74) is 8.14. The quantitative estimate of drug-likeness (QED) is 0.169. The molecule has 0 spiro atoms. The van der Waals surface area contributed by atoms with Crippen LogP contribution in [-0.2, 0) is 0 Å². The fourth-order valence-electron chi connectivity index (χ4n) is 10.4. The molecule has 63 heavy (non-hydrogen) atoms. The van der Waals surface area contributed by atoms with Crippen LogP contribution in [0.3, 0.4) is 0 Å². The monoisotopic (exact) mass is 823 g/mol. The normalized spacial score (nSPS) is 17.7. The minimum absolute atomic E-state index is 0.136. The van der Waals surface area contributed by atoms with Gasteiger partial charge >= 0.3 is 0 Å². The smallest absolute Gasteiger partial charge is 0.155 e. The zero-order valence-electron chi connectivity index (χ0n) is 34.8. The molecule has 0 saturated carbocycles. The fourth-order valence-corrected chi connectivity index (χ4v) is 11.7. The highest BCUT2D eigenvalue weighted by atomic mass is 32.1. The van der Waals surface area contributed by atoms with Gasteiger partial charge in [-0.25, -0.2) is 4.99 Å². The first-order valence-electron chi connectivity index (χ1n) is 22.1.